The molecule has 1 aromatic heterocycles. The van der Waals surface area contributed by atoms with E-state index in [1.54, 1.807) is 13.8 Å². The molecular weight excluding hydrogens is 347 g/mol. The minimum Gasteiger partial charge on any atom is -0.321 e. The first kappa shape index (κ1) is 18.3. The number of hydrogen-bond donors (Lipinski definition) is 2. The van der Waals surface area contributed by atoms with Crippen LogP contribution in [0.2, 0.25) is 0 Å². The highest BCUT2D eigenvalue weighted by molar-refractivity contribution is 6.04. The van der Waals surface area contributed by atoms with Crippen LogP contribution in [0.3, 0.4) is 0 Å². The highest BCUT2D eigenvalue weighted by Gasteiger charge is 2.18. The average Bonchev–Trinajstić information content (AvgIpc) is 3.08. The average molecular weight is 366 g/mol. The minimum absolute atomic E-state index is 0.127. The smallest absolute Gasteiger partial charge is 0.276 e. The summed E-state index contributed by atoms with van der Waals surface area (Å²) in [5.74, 6) is -0.862. The second-order valence-corrected chi connectivity index (χ2v) is 6.27. The first-order valence-electron chi connectivity index (χ1n) is 8.47. The number of carbonyl (C=O) groups is 2. The fourth-order valence-corrected chi connectivity index (χ4v) is 2.35. The normalized spacial score (nSPS) is 10.7. The zero-order valence-electron chi connectivity index (χ0n) is 14.9. The second kappa shape index (κ2) is 7.82. The number of amides is 2. The van der Waals surface area contributed by atoms with Crippen molar-refractivity contribution in [3.8, 4) is 5.69 Å². The van der Waals surface area contributed by atoms with Crippen molar-refractivity contribution < 1.29 is 14.0 Å². The Morgan fingerprint density at radius 3 is 2.30 bits per heavy atom. The first-order valence-corrected chi connectivity index (χ1v) is 8.47. The van der Waals surface area contributed by atoms with Gasteiger partial charge in [0.1, 0.15) is 11.6 Å². The molecule has 138 valence electrons. The van der Waals surface area contributed by atoms with Crippen molar-refractivity contribution in [1.82, 2.24) is 9.78 Å². The lowest BCUT2D eigenvalue weighted by atomic mass is 10.2. The third-order valence-electron chi connectivity index (χ3n) is 3.82. The molecule has 1 heterocycles. The van der Waals surface area contributed by atoms with Gasteiger partial charge in [0.25, 0.3) is 5.91 Å². The zero-order chi connectivity index (χ0) is 19.4. The summed E-state index contributed by atoms with van der Waals surface area (Å²) < 4.78 is 14.5. The van der Waals surface area contributed by atoms with Gasteiger partial charge in [-0.25, -0.2) is 9.07 Å². The molecular formula is C20H19FN4O2. The van der Waals surface area contributed by atoms with Gasteiger partial charge in [-0.2, -0.15) is 5.10 Å². The van der Waals surface area contributed by atoms with Gasteiger partial charge >= 0.3 is 0 Å². The third-order valence-corrected chi connectivity index (χ3v) is 3.82. The van der Waals surface area contributed by atoms with E-state index in [2.05, 4.69) is 15.7 Å². The van der Waals surface area contributed by atoms with Crippen molar-refractivity contribution >= 4 is 23.3 Å². The number of rotatable bonds is 5. The van der Waals surface area contributed by atoms with E-state index in [4.69, 9.17) is 0 Å². The van der Waals surface area contributed by atoms with Gasteiger partial charge in [-0.05, 0) is 36.4 Å². The SMILES string of the molecule is CC(C)C(=O)Nc1cc(C(=O)Nc2ccc(F)cc2)nn1-c1ccccc1. The standard InChI is InChI=1S/C20H19FN4O2/c1-13(2)19(26)23-18-12-17(24-25(18)16-6-4-3-5-7-16)20(27)22-15-10-8-14(21)9-11-15/h3-13H,1-2H3,(H,22,27)(H,23,26). The summed E-state index contributed by atoms with van der Waals surface area (Å²) in [5.41, 5.74) is 1.28. The van der Waals surface area contributed by atoms with E-state index in [1.165, 1.54) is 35.0 Å². The highest BCUT2D eigenvalue weighted by Crippen LogP contribution is 2.19. The van der Waals surface area contributed by atoms with Gasteiger partial charge in [0.2, 0.25) is 5.91 Å². The molecule has 0 aliphatic heterocycles. The molecule has 0 saturated heterocycles. The Bertz CT molecular complexity index is 950. The molecule has 2 amide bonds. The first-order chi connectivity index (χ1) is 12.9. The molecule has 6 nitrogen and oxygen atoms in total. The monoisotopic (exact) mass is 366 g/mol. The molecule has 0 aliphatic rings. The van der Waals surface area contributed by atoms with Crippen LogP contribution in [0.25, 0.3) is 5.69 Å². The maximum atomic E-state index is 13.0. The number of carbonyl (C=O) groups excluding carboxylic acids is 2. The zero-order valence-corrected chi connectivity index (χ0v) is 14.9. The molecule has 2 N–H and O–H groups in total. The van der Waals surface area contributed by atoms with Crippen molar-refractivity contribution in [2.75, 3.05) is 10.6 Å². The molecule has 0 aliphatic carbocycles. The second-order valence-electron chi connectivity index (χ2n) is 6.27. The molecule has 0 saturated carbocycles. The Morgan fingerprint density at radius 1 is 1.00 bits per heavy atom. The van der Waals surface area contributed by atoms with Crippen molar-refractivity contribution in [2.45, 2.75) is 13.8 Å². The summed E-state index contributed by atoms with van der Waals surface area (Å²) in [6, 6.07) is 16.1. The molecule has 3 rings (SSSR count). The van der Waals surface area contributed by atoms with Gasteiger partial charge in [-0.3, -0.25) is 9.59 Å². The molecule has 0 atom stereocenters. The molecule has 0 bridgehead atoms. The molecule has 7 heteroatoms. The van der Waals surface area contributed by atoms with Crippen LogP contribution in [-0.4, -0.2) is 21.6 Å². The summed E-state index contributed by atoms with van der Waals surface area (Å²) in [6.45, 7) is 3.56. The van der Waals surface area contributed by atoms with Crippen molar-refractivity contribution in [1.29, 1.82) is 0 Å². The minimum atomic E-state index is -0.462. The molecule has 0 fully saturated rings. The van der Waals surface area contributed by atoms with Gasteiger partial charge in [-0.15, -0.1) is 0 Å². The summed E-state index contributed by atoms with van der Waals surface area (Å²) in [4.78, 5) is 24.6. The van der Waals surface area contributed by atoms with Crippen molar-refractivity contribution in [3.05, 3.63) is 72.2 Å². The molecule has 3 aromatic rings. The topological polar surface area (TPSA) is 76.0 Å². The van der Waals surface area contributed by atoms with Gasteiger partial charge in [0.05, 0.1) is 5.69 Å². The van der Waals surface area contributed by atoms with Gasteiger partial charge < -0.3 is 10.6 Å². The highest BCUT2D eigenvalue weighted by atomic mass is 19.1. The molecule has 0 unspecified atom stereocenters. The van der Waals surface area contributed by atoms with Crippen LogP contribution in [0.4, 0.5) is 15.9 Å². The van der Waals surface area contributed by atoms with E-state index < -0.39 is 5.91 Å². The fraction of sp³-hybridized carbons (Fsp3) is 0.150. The largest absolute Gasteiger partial charge is 0.321 e. The van der Waals surface area contributed by atoms with E-state index >= 15 is 0 Å². The van der Waals surface area contributed by atoms with Crippen LogP contribution in [0.15, 0.2) is 60.7 Å². The van der Waals surface area contributed by atoms with Gasteiger partial charge in [0, 0.05) is 17.7 Å². The Hall–Kier alpha value is -3.48. The van der Waals surface area contributed by atoms with E-state index in [1.807, 2.05) is 30.3 Å². The Morgan fingerprint density at radius 2 is 1.67 bits per heavy atom. The number of nitrogens with zero attached hydrogens (tertiary/aromatic N) is 2. The molecule has 2 aromatic carbocycles. The predicted octanol–water partition coefficient (Wildman–Crippen LogP) is 3.86. The van der Waals surface area contributed by atoms with Crippen LogP contribution >= 0.6 is 0 Å². The number of para-hydroxylation sites is 1. The van der Waals surface area contributed by atoms with Crippen molar-refractivity contribution in [3.63, 3.8) is 0 Å². The summed E-state index contributed by atoms with van der Waals surface area (Å²) in [6.07, 6.45) is 0. The summed E-state index contributed by atoms with van der Waals surface area (Å²) in [5, 5.41) is 9.77. The number of hydrogen-bond acceptors (Lipinski definition) is 3. The van der Waals surface area contributed by atoms with Crippen LogP contribution in [0, 0.1) is 11.7 Å². The number of halogens is 1. The van der Waals surface area contributed by atoms with E-state index in [0.29, 0.717) is 17.2 Å². The maximum Gasteiger partial charge on any atom is 0.276 e. The lowest BCUT2D eigenvalue weighted by Gasteiger charge is -2.10. The van der Waals surface area contributed by atoms with Crippen molar-refractivity contribution in [2.24, 2.45) is 5.92 Å². The Labute approximate surface area is 156 Å². The number of nitrogens with one attached hydrogen (secondary N) is 2. The lowest BCUT2D eigenvalue weighted by Crippen LogP contribution is -2.19. The van der Waals surface area contributed by atoms with Gasteiger partial charge in [0.15, 0.2) is 5.69 Å². The summed E-state index contributed by atoms with van der Waals surface area (Å²) in [7, 11) is 0. The van der Waals surface area contributed by atoms with E-state index in [0.717, 1.165) is 0 Å². The Balaban J connectivity index is 1.91. The molecule has 27 heavy (non-hydrogen) atoms. The number of benzene rings is 2. The van der Waals surface area contributed by atoms with Crippen LogP contribution in [-0.2, 0) is 4.79 Å². The third kappa shape index (κ3) is 4.38. The number of aromatic nitrogens is 2. The van der Waals surface area contributed by atoms with Crippen LogP contribution in [0.5, 0.6) is 0 Å². The Kier molecular flexibility index (Phi) is 5.30. The van der Waals surface area contributed by atoms with E-state index in [-0.39, 0.29) is 23.3 Å². The summed E-state index contributed by atoms with van der Waals surface area (Å²) >= 11 is 0. The maximum absolute atomic E-state index is 13.0. The lowest BCUT2D eigenvalue weighted by molar-refractivity contribution is -0.118. The quantitative estimate of drug-likeness (QED) is 0.720. The van der Waals surface area contributed by atoms with E-state index in [9.17, 15) is 14.0 Å². The molecule has 0 radical (unpaired) electrons. The number of anilines is 2. The molecule has 0 spiro atoms. The van der Waals surface area contributed by atoms with Gasteiger partial charge in [-0.1, -0.05) is 32.0 Å². The fourth-order valence-electron chi connectivity index (χ4n) is 2.35. The van der Waals surface area contributed by atoms with Crippen LogP contribution < -0.4 is 10.6 Å². The predicted molar refractivity (Wildman–Crippen MR) is 101 cm³/mol. The van der Waals surface area contributed by atoms with Crippen LogP contribution in [0.1, 0.15) is 24.3 Å².